The molecule has 1 N–H and O–H groups in total. The van der Waals surface area contributed by atoms with Gasteiger partial charge in [-0.15, -0.1) is 0 Å². The molecule has 0 radical (unpaired) electrons. The number of carbonyl (C=O) groups is 1. The highest BCUT2D eigenvalue weighted by Gasteiger charge is 2.17. The van der Waals surface area contributed by atoms with Crippen molar-refractivity contribution >= 4 is 5.97 Å². The molecule has 0 amide bonds. The van der Waals surface area contributed by atoms with Gasteiger partial charge >= 0.3 is 5.97 Å². The van der Waals surface area contributed by atoms with Gasteiger partial charge in [-0.05, 0) is 59.7 Å². The normalized spacial score (nSPS) is 10.7. The quantitative estimate of drug-likeness (QED) is 0.723. The number of hydrogen-bond donors (Lipinski definition) is 1. The number of halogens is 2. The van der Waals surface area contributed by atoms with E-state index in [2.05, 4.69) is 0 Å². The van der Waals surface area contributed by atoms with E-state index >= 15 is 0 Å². The van der Waals surface area contributed by atoms with E-state index in [1.54, 1.807) is 36.4 Å². The Kier molecular flexibility index (Phi) is 4.75. The molecule has 3 nitrogen and oxygen atoms in total. The molecule has 0 aliphatic rings. The Morgan fingerprint density at radius 3 is 1.60 bits per heavy atom. The second kappa shape index (κ2) is 7.13. The molecule has 0 unspecified atom stereocenters. The standard InChI is InChI=1S/C20H14F2O3/c21-16-7-1-13(2-8-16)19(14-3-9-17(22)10-4-14)25-18-11-5-15(6-12-18)20(23)24/h1-12,19H,(H,23,24). The van der Waals surface area contributed by atoms with Crippen molar-refractivity contribution in [3.63, 3.8) is 0 Å². The fourth-order valence-corrected chi connectivity index (χ4v) is 2.42. The predicted octanol–water partition coefficient (Wildman–Crippen LogP) is 4.83. The molecular formula is C20H14F2O3. The van der Waals surface area contributed by atoms with Gasteiger partial charge in [-0.25, -0.2) is 13.6 Å². The van der Waals surface area contributed by atoms with E-state index in [0.717, 1.165) is 0 Å². The molecule has 0 fully saturated rings. The van der Waals surface area contributed by atoms with Crippen LogP contribution in [0.4, 0.5) is 8.78 Å². The van der Waals surface area contributed by atoms with Crippen LogP contribution in [0.15, 0.2) is 72.8 Å². The second-order valence-corrected chi connectivity index (χ2v) is 5.43. The van der Waals surface area contributed by atoms with Gasteiger partial charge in [0.25, 0.3) is 0 Å². The van der Waals surface area contributed by atoms with Crippen LogP contribution in [0.2, 0.25) is 0 Å². The average Bonchev–Trinajstić information content (AvgIpc) is 2.62. The van der Waals surface area contributed by atoms with Gasteiger partial charge in [0.05, 0.1) is 5.56 Å². The van der Waals surface area contributed by atoms with Crippen molar-refractivity contribution in [2.24, 2.45) is 0 Å². The van der Waals surface area contributed by atoms with Crippen molar-refractivity contribution in [3.8, 4) is 5.75 Å². The summed E-state index contributed by atoms with van der Waals surface area (Å²) in [6, 6.07) is 17.6. The zero-order valence-corrected chi connectivity index (χ0v) is 13.0. The van der Waals surface area contributed by atoms with Crippen molar-refractivity contribution in [1.29, 1.82) is 0 Å². The van der Waals surface area contributed by atoms with Crippen LogP contribution in [-0.2, 0) is 0 Å². The lowest BCUT2D eigenvalue weighted by molar-refractivity contribution is 0.0697. The first-order chi connectivity index (χ1) is 12.0. The summed E-state index contributed by atoms with van der Waals surface area (Å²) in [7, 11) is 0. The highest BCUT2D eigenvalue weighted by atomic mass is 19.1. The monoisotopic (exact) mass is 340 g/mol. The Labute approximate surface area is 143 Å². The van der Waals surface area contributed by atoms with Crippen molar-refractivity contribution in [3.05, 3.63) is 101 Å². The van der Waals surface area contributed by atoms with Gasteiger partial charge in [0.15, 0.2) is 0 Å². The Bertz CT molecular complexity index is 811. The highest BCUT2D eigenvalue weighted by molar-refractivity contribution is 5.87. The van der Waals surface area contributed by atoms with Crippen LogP contribution in [-0.4, -0.2) is 11.1 Å². The summed E-state index contributed by atoms with van der Waals surface area (Å²) in [5.41, 5.74) is 1.53. The SMILES string of the molecule is O=C(O)c1ccc(OC(c2ccc(F)cc2)c2ccc(F)cc2)cc1. The van der Waals surface area contributed by atoms with Crippen LogP contribution >= 0.6 is 0 Å². The largest absolute Gasteiger partial charge is 0.481 e. The number of aromatic carboxylic acids is 1. The molecule has 0 atom stereocenters. The molecule has 0 aliphatic carbocycles. The maximum Gasteiger partial charge on any atom is 0.335 e. The maximum atomic E-state index is 13.2. The van der Waals surface area contributed by atoms with Crippen molar-refractivity contribution in [1.82, 2.24) is 0 Å². The zero-order valence-electron chi connectivity index (χ0n) is 13.0. The van der Waals surface area contributed by atoms with E-state index in [1.165, 1.54) is 36.4 Å². The van der Waals surface area contributed by atoms with E-state index in [4.69, 9.17) is 9.84 Å². The maximum absolute atomic E-state index is 13.2. The van der Waals surface area contributed by atoms with Gasteiger partial charge < -0.3 is 9.84 Å². The predicted molar refractivity (Wildman–Crippen MR) is 88.7 cm³/mol. The summed E-state index contributed by atoms with van der Waals surface area (Å²) in [6.07, 6.45) is -0.586. The minimum atomic E-state index is -1.03. The van der Waals surface area contributed by atoms with Crippen molar-refractivity contribution in [2.75, 3.05) is 0 Å². The molecule has 0 heterocycles. The fourth-order valence-electron chi connectivity index (χ4n) is 2.42. The van der Waals surface area contributed by atoms with E-state index in [0.29, 0.717) is 16.9 Å². The van der Waals surface area contributed by atoms with Crippen LogP contribution in [0.3, 0.4) is 0 Å². The second-order valence-electron chi connectivity index (χ2n) is 5.43. The smallest absolute Gasteiger partial charge is 0.335 e. The lowest BCUT2D eigenvalue weighted by Crippen LogP contribution is -2.10. The van der Waals surface area contributed by atoms with Crippen LogP contribution in [0.25, 0.3) is 0 Å². The molecular weight excluding hydrogens is 326 g/mol. The summed E-state index contributed by atoms with van der Waals surface area (Å²) in [6.45, 7) is 0. The molecule has 3 aromatic carbocycles. The number of ether oxygens (including phenoxy) is 1. The van der Waals surface area contributed by atoms with Crippen molar-refractivity contribution < 1.29 is 23.4 Å². The zero-order chi connectivity index (χ0) is 17.8. The summed E-state index contributed by atoms with van der Waals surface area (Å²) in [5, 5.41) is 8.95. The number of carboxylic acids is 1. The van der Waals surface area contributed by atoms with E-state index in [1.807, 2.05) is 0 Å². The van der Waals surface area contributed by atoms with Crippen LogP contribution in [0.1, 0.15) is 27.6 Å². The molecule has 0 spiro atoms. The lowest BCUT2D eigenvalue weighted by atomic mass is 10.0. The molecule has 0 saturated carbocycles. The van der Waals surface area contributed by atoms with Gasteiger partial charge in [0.2, 0.25) is 0 Å². The molecule has 25 heavy (non-hydrogen) atoms. The van der Waals surface area contributed by atoms with Crippen LogP contribution in [0.5, 0.6) is 5.75 Å². The van der Waals surface area contributed by atoms with Gasteiger partial charge in [0, 0.05) is 0 Å². The molecule has 3 rings (SSSR count). The summed E-state index contributed by atoms with van der Waals surface area (Å²) < 4.78 is 32.4. The average molecular weight is 340 g/mol. The van der Waals surface area contributed by atoms with E-state index in [-0.39, 0.29) is 17.2 Å². The molecule has 5 heteroatoms. The Morgan fingerprint density at radius 2 is 1.20 bits per heavy atom. The first kappa shape index (κ1) is 16.6. The highest BCUT2D eigenvalue weighted by Crippen LogP contribution is 2.29. The molecule has 0 aromatic heterocycles. The summed E-state index contributed by atoms with van der Waals surface area (Å²) in [4.78, 5) is 10.9. The summed E-state index contributed by atoms with van der Waals surface area (Å²) in [5.74, 6) is -1.32. The lowest BCUT2D eigenvalue weighted by Gasteiger charge is -2.20. The molecule has 3 aromatic rings. The third-order valence-electron chi connectivity index (χ3n) is 3.70. The van der Waals surface area contributed by atoms with E-state index in [9.17, 15) is 13.6 Å². The van der Waals surface area contributed by atoms with E-state index < -0.39 is 12.1 Å². The van der Waals surface area contributed by atoms with Gasteiger partial charge in [0.1, 0.15) is 23.5 Å². The third kappa shape index (κ3) is 4.01. The minimum Gasteiger partial charge on any atom is -0.481 e. The van der Waals surface area contributed by atoms with Gasteiger partial charge in [-0.3, -0.25) is 0 Å². The third-order valence-corrected chi connectivity index (χ3v) is 3.70. The van der Waals surface area contributed by atoms with Crippen LogP contribution < -0.4 is 4.74 Å². The van der Waals surface area contributed by atoms with Crippen LogP contribution in [0, 0.1) is 11.6 Å². The molecule has 0 saturated heterocycles. The van der Waals surface area contributed by atoms with Gasteiger partial charge in [-0.2, -0.15) is 0 Å². The number of benzene rings is 3. The summed E-state index contributed by atoms with van der Waals surface area (Å²) >= 11 is 0. The fraction of sp³-hybridized carbons (Fsp3) is 0.0500. The molecule has 0 bridgehead atoms. The Morgan fingerprint density at radius 1 is 0.760 bits per heavy atom. The van der Waals surface area contributed by atoms with Crippen molar-refractivity contribution in [2.45, 2.75) is 6.10 Å². The number of hydrogen-bond acceptors (Lipinski definition) is 2. The molecule has 0 aliphatic heterocycles. The number of rotatable bonds is 5. The topological polar surface area (TPSA) is 46.5 Å². The van der Waals surface area contributed by atoms with Gasteiger partial charge in [-0.1, -0.05) is 24.3 Å². The Balaban J connectivity index is 1.94. The Hall–Kier alpha value is -3.21. The molecule has 126 valence electrons. The minimum absolute atomic E-state index is 0.146. The first-order valence-electron chi connectivity index (χ1n) is 7.54. The number of carboxylic acid groups (broad SMARTS) is 1. The first-order valence-corrected chi connectivity index (χ1v) is 7.54.